The van der Waals surface area contributed by atoms with Crippen LogP contribution in [0.5, 0.6) is 0 Å². The fraction of sp³-hybridized carbons (Fsp3) is 0.789. The second kappa shape index (κ2) is 7.12. The van der Waals surface area contributed by atoms with E-state index < -0.39 is 0 Å². The second-order valence-electron chi connectivity index (χ2n) is 7.81. The second-order valence-corrected chi connectivity index (χ2v) is 8.70. The van der Waals surface area contributed by atoms with Gasteiger partial charge in [0.2, 0.25) is 0 Å². The molecule has 1 aromatic heterocycles. The van der Waals surface area contributed by atoms with Crippen LogP contribution in [0.4, 0.5) is 0 Å². The summed E-state index contributed by atoms with van der Waals surface area (Å²) < 4.78 is 0. The van der Waals surface area contributed by atoms with Gasteiger partial charge in [-0.1, -0.05) is 12.8 Å². The molecule has 4 rings (SSSR count). The normalized spacial score (nSPS) is 27.2. The topological polar surface area (TPSA) is 36.4 Å². The number of thiazole rings is 1. The highest BCUT2D eigenvalue weighted by atomic mass is 32.1. The molecule has 0 radical (unpaired) electrons. The van der Waals surface area contributed by atoms with E-state index in [4.69, 9.17) is 4.98 Å². The molecule has 3 aliphatic rings. The molecule has 5 heteroatoms. The predicted molar refractivity (Wildman–Crippen MR) is 97.7 cm³/mol. The largest absolute Gasteiger partial charge is 0.335 e. The number of likely N-dealkylation sites (tertiary alicyclic amines) is 2. The average molecular weight is 348 g/mol. The zero-order valence-corrected chi connectivity index (χ0v) is 15.6. The van der Waals surface area contributed by atoms with Gasteiger partial charge in [-0.2, -0.15) is 0 Å². The van der Waals surface area contributed by atoms with E-state index in [1.165, 1.54) is 56.6 Å². The molecule has 0 N–H and O–H groups in total. The smallest absolute Gasteiger partial charge is 0.273 e. The number of aromatic nitrogens is 1. The summed E-state index contributed by atoms with van der Waals surface area (Å²) in [4.78, 5) is 22.1. The van der Waals surface area contributed by atoms with E-state index >= 15 is 0 Å². The Morgan fingerprint density at radius 1 is 1.08 bits per heavy atom. The average Bonchev–Trinajstić information content (AvgIpc) is 3.36. The number of hydrogen-bond donors (Lipinski definition) is 0. The van der Waals surface area contributed by atoms with Crippen LogP contribution in [0.25, 0.3) is 0 Å². The molecule has 0 aromatic carbocycles. The lowest BCUT2D eigenvalue weighted by Gasteiger charge is -2.35. The highest BCUT2D eigenvalue weighted by Gasteiger charge is 2.31. The molecule has 4 nitrogen and oxygen atoms in total. The first-order chi connectivity index (χ1) is 11.7. The van der Waals surface area contributed by atoms with Gasteiger partial charge in [0.1, 0.15) is 5.69 Å². The molecule has 2 saturated heterocycles. The quantitative estimate of drug-likeness (QED) is 0.832. The van der Waals surface area contributed by atoms with Gasteiger partial charge in [0.15, 0.2) is 0 Å². The van der Waals surface area contributed by atoms with Crippen molar-refractivity contribution < 1.29 is 4.79 Å². The zero-order chi connectivity index (χ0) is 16.5. The van der Waals surface area contributed by atoms with Crippen LogP contribution in [0.1, 0.15) is 79.7 Å². The Hall–Kier alpha value is -0.940. The third-order valence-corrected chi connectivity index (χ3v) is 7.28. The number of carbonyl (C=O) groups excluding carboxylic acids is 1. The van der Waals surface area contributed by atoms with Gasteiger partial charge in [-0.25, -0.2) is 4.98 Å². The molecule has 132 valence electrons. The zero-order valence-electron chi connectivity index (χ0n) is 14.7. The lowest BCUT2D eigenvalue weighted by Crippen LogP contribution is -2.39. The number of piperidine rings is 1. The summed E-state index contributed by atoms with van der Waals surface area (Å²) in [6.07, 6.45) is 10.3. The van der Waals surface area contributed by atoms with Gasteiger partial charge in [-0.15, -0.1) is 11.3 Å². The molecule has 2 aliphatic heterocycles. The lowest BCUT2D eigenvalue weighted by molar-refractivity contribution is 0.0742. The number of amides is 1. The molecule has 1 atom stereocenters. The summed E-state index contributed by atoms with van der Waals surface area (Å²) in [7, 11) is 0. The molecular weight excluding hydrogens is 318 g/mol. The number of carbonyl (C=O) groups is 1. The Morgan fingerprint density at radius 2 is 1.83 bits per heavy atom. The van der Waals surface area contributed by atoms with Crippen LogP contribution >= 0.6 is 11.3 Å². The maximum atomic E-state index is 12.6. The van der Waals surface area contributed by atoms with Crippen molar-refractivity contribution in [2.45, 2.75) is 76.3 Å². The third-order valence-electron chi connectivity index (χ3n) is 6.27. The first-order valence-electron chi connectivity index (χ1n) is 9.73. The van der Waals surface area contributed by atoms with E-state index in [-0.39, 0.29) is 5.91 Å². The van der Waals surface area contributed by atoms with Crippen molar-refractivity contribution in [1.29, 1.82) is 0 Å². The highest BCUT2D eigenvalue weighted by Crippen LogP contribution is 2.34. The van der Waals surface area contributed by atoms with E-state index in [1.54, 1.807) is 11.3 Å². The first-order valence-corrected chi connectivity index (χ1v) is 10.6. The van der Waals surface area contributed by atoms with Crippen molar-refractivity contribution in [2.24, 2.45) is 0 Å². The van der Waals surface area contributed by atoms with Crippen LogP contribution in [0, 0.1) is 0 Å². The fourth-order valence-corrected chi connectivity index (χ4v) is 5.70. The van der Waals surface area contributed by atoms with Crippen LogP contribution in [0.3, 0.4) is 0 Å². The molecule has 1 saturated carbocycles. The first kappa shape index (κ1) is 16.5. The summed E-state index contributed by atoms with van der Waals surface area (Å²) in [6.45, 7) is 5.46. The maximum absolute atomic E-state index is 12.6. The summed E-state index contributed by atoms with van der Waals surface area (Å²) >= 11 is 1.70. The third kappa shape index (κ3) is 3.25. The summed E-state index contributed by atoms with van der Waals surface area (Å²) in [6, 6.07) is 1.22. The molecule has 1 unspecified atom stereocenters. The minimum Gasteiger partial charge on any atom is -0.335 e. The van der Waals surface area contributed by atoms with Crippen LogP contribution < -0.4 is 0 Å². The molecule has 1 aliphatic carbocycles. The number of rotatable bonds is 3. The maximum Gasteiger partial charge on any atom is 0.273 e. The summed E-state index contributed by atoms with van der Waals surface area (Å²) in [5.41, 5.74) is 0.682. The minimum atomic E-state index is 0.144. The predicted octanol–water partition coefficient (Wildman–Crippen LogP) is 3.89. The SMILES string of the molecule is CC1CCCN1C(=O)c1csc(C2CCN(C3CCCC3)CC2)n1. The Morgan fingerprint density at radius 3 is 2.50 bits per heavy atom. The molecular formula is C19H29N3OS. The highest BCUT2D eigenvalue weighted by molar-refractivity contribution is 7.09. The molecule has 1 amide bonds. The van der Waals surface area contributed by atoms with Gasteiger partial charge in [0.05, 0.1) is 5.01 Å². The van der Waals surface area contributed by atoms with Gasteiger partial charge in [0, 0.05) is 29.9 Å². The van der Waals surface area contributed by atoms with Crippen LogP contribution in [-0.2, 0) is 0 Å². The van der Waals surface area contributed by atoms with Crippen LogP contribution in [0.15, 0.2) is 5.38 Å². The molecule has 3 fully saturated rings. The molecule has 24 heavy (non-hydrogen) atoms. The Labute approximate surface area is 149 Å². The van der Waals surface area contributed by atoms with Gasteiger partial charge >= 0.3 is 0 Å². The van der Waals surface area contributed by atoms with Crippen molar-refractivity contribution in [1.82, 2.24) is 14.8 Å². The Bertz CT molecular complexity index is 573. The van der Waals surface area contributed by atoms with Crippen molar-refractivity contribution in [3.63, 3.8) is 0 Å². The molecule has 1 aromatic rings. The number of nitrogens with zero attached hydrogens (tertiary/aromatic N) is 3. The van der Waals surface area contributed by atoms with E-state index in [9.17, 15) is 4.79 Å². The molecule has 3 heterocycles. The lowest BCUT2D eigenvalue weighted by atomic mass is 9.96. The Balaban J connectivity index is 1.36. The van der Waals surface area contributed by atoms with Gasteiger partial charge in [-0.3, -0.25) is 4.79 Å². The number of hydrogen-bond acceptors (Lipinski definition) is 4. The monoisotopic (exact) mass is 347 g/mol. The standard InChI is InChI=1S/C19H29N3OS/c1-14-5-4-10-22(14)19(23)17-13-24-18(20-17)15-8-11-21(12-9-15)16-6-2-3-7-16/h13-16H,2-12H2,1H3. The van der Waals surface area contributed by atoms with Crippen molar-refractivity contribution >= 4 is 17.2 Å². The van der Waals surface area contributed by atoms with E-state index in [0.29, 0.717) is 17.7 Å². The van der Waals surface area contributed by atoms with Crippen molar-refractivity contribution in [2.75, 3.05) is 19.6 Å². The summed E-state index contributed by atoms with van der Waals surface area (Å²) in [5.74, 6) is 0.705. The Kier molecular flexibility index (Phi) is 4.90. The van der Waals surface area contributed by atoms with Crippen LogP contribution in [-0.4, -0.2) is 52.4 Å². The van der Waals surface area contributed by atoms with E-state index in [1.807, 2.05) is 10.3 Å². The van der Waals surface area contributed by atoms with Gasteiger partial charge in [0.25, 0.3) is 5.91 Å². The van der Waals surface area contributed by atoms with E-state index in [0.717, 1.165) is 25.4 Å². The van der Waals surface area contributed by atoms with E-state index in [2.05, 4.69) is 11.8 Å². The van der Waals surface area contributed by atoms with Crippen molar-refractivity contribution in [3.8, 4) is 0 Å². The van der Waals surface area contributed by atoms with Crippen molar-refractivity contribution in [3.05, 3.63) is 16.1 Å². The van der Waals surface area contributed by atoms with Gasteiger partial charge in [-0.05, 0) is 58.5 Å². The molecule has 0 bridgehead atoms. The molecule has 0 spiro atoms. The van der Waals surface area contributed by atoms with Crippen LogP contribution in [0.2, 0.25) is 0 Å². The fourth-order valence-electron chi connectivity index (χ4n) is 4.74. The van der Waals surface area contributed by atoms with Gasteiger partial charge < -0.3 is 9.80 Å². The minimum absolute atomic E-state index is 0.144. The summed E-state index contributed by atoms with van der Waals surface area (Å²) in [5, 5.41) is 3.18.